The van der Waals surface area contributed by atoms with Gasteiger partial charge in [0.1, 0.15) is 17.9 Å². The zero-order chi connectivity index (χ0) is 13.1. The number of aryl methyl sites for hydroxylation is 1. The van der Waals surface area contributed by atoms with E-state index in [2.05, 4.69) is 4.74 Å². The molecule has 0 aliphatic heterocycles. The Kier molecular flexibility index (Phi) is 4.37. The summed E-state index contributed by atoms with van der Waals surface area (Å²) < 4.78 is 10.1. The number of rotatable bonds is 4. The van der Waals surface area contributed by atoms with E-state index in [4.69, 9.17) is 22.1 Å². The van der Waals surface area contributed by atoms with Crippen molar-refractivity contribution in [2.45, 2.75) is 19.4 Å². The molecule has 0 aromatic heterocycles. The Morgan fingerprint density at radius 2 is 2.18 bits per heavy atom. The number of hydrogen-bond acceptors (Lipinski definition) is 4. The number of nitrogens with two attached hydrogens (primary N) is 1. The quantitative estimate of drug-likeness (QED) is 0.837. The molecule has 1 rings (SSSR count). The molecule has 17 heavy (non-hydrogen) atoms. The van der Waals surface area contributed by atoms with Crippen molar-refractivity contribution in [1.29, 1.82) is 0 Å². The van der Waals surface area contributed by atoms with Gasteiger partial charge < -0.3 is 15.2 Å². The molecule has 0 saturated carbocycles. The molecule has 1 aromatic carbocycles. The minimum atomic E-state index is -1.17. The van der Waals surface area contributed by atoms with Crippen LogP contribution >= 0.6 is 11.6 Å². The molecule has 2 N–H and O–H groups in total. The molecule has 0 aliphatic rings. The van der Waals surface area contributed by atoms with Gasteiger partial charge in [-0.05, 0) is 37.6 Å². The monoisotopic (exact) mass is 257 g/mol. The zero-order valence-electron chi connectivity index (χ0n) is 10.1. The summed E-state index contributed by atoms with van der Waals surface area (Å²) >= 11 is 5.83. The van der Waals surface area contributed by atoms with Crippen molar-refractivity contribution >= 4 is 17.6 Å². The van der Waals surface area contributed by atoms with E-state index < -0.39 is 11.5 Å². The predicted octanol–water partition coefficient (Wildman–Crippen LogP) is 1.92. The van der Waals surface area contributed by atoms with Gasteiger partial charge in [0, 0.05) is 5.02 Å². The van der Waals surface area contributed by atoms with Crippen molar-refractivity contribution < 1.29 is 14.3 Å². The minimum Gasteiger partial charge on any atom is -0.491 e. The average molecular weight is 258 g/mol. The van der Waals surface area contributed by atoms with Gasteiger partial charge in [-0.2, -0.15) is 0 Å². The summed E-state index contributed by atoms with van der Waals surface area (Å²) in [5.74, 6) is 0.138. The van der Waals surface area contributed by atoms with Gasteiger partial charge in [0.25, 0.3) is 0 Å². The third-order valence-corrected chi connectivity index (χ3v) is 2.55. The lowest BCUT2D eigenvalue weighted by molar-refractivity contribution is -0.147. The molecule has 1 atom stereocenters. The first kappa shape index (κ1) is 13.8. The van der Waals surface area contributed by atoms with Crippen LogP contribution in [0.25, 0.3) is 0 Å². The number of benzene rings is 1. The molecule has 0 heterocycles. The molecule has 0 bridgehead atoms. The predicted molar refractivity (Wildman–Crippen MR) is 66.3 cm³/mol. The van der Waals surface area contributed by atoms with Crippen LogP contribution in [0.5, 0.6) is 5.75 Å². The van der Waals surface area contributed by atoms with E-state index in [9.17, 15) is 4.79 Å². The van der Waals surface area contributed by atoms with Crippen LogP contribution in [0.2, 0.25) is 5.02 Å². The fraction of sp³-hybridized carbons (Fsp3) is 0.417. The smallest absolute Gasteiger partial charge is 0.329 e. The first-order chi connectivity index (χ1) is 7.86. The van der Waals surface area contributed by atoms with Crippen LogP contribution in [-0.4, -0.2) is 25.2 Å². The van der Waals surface area contributed by atoms with E-state index in [1.54, 1.807) is 25.1 Å². The Bertz CT molecular complexity index is 418. The second-order valence-corrected chi connectivity index (χ2v) is 4.54. The normalized spacial score (nSPS) is 13.9. The second kappa shape index (κ2) is 5.38. The number of halogens is 1. The van der Waals surface area contributed by atoms with Crippen LogP contribution in [-0.2, 0) is 9.53 Å². The summed E-state index contributed by atoms with van der Waals surface area (Å²) in [6.45, 7) is 3.47. The van der Waals surface area contributed by atoms with Crippen molar-refractivity contribution in [3.63, 3.8) is 0 Å². The van der Waals surface area contributed by atoms with Gasteiger partial charge in [-0.3, -0.25) is 0 Å². The van der Waals surface area contributed by atoms with E-state index >= 15 is 0 Å². The highest BCUT2D eigenvalue weighted by atomic mass is 35.5. The van der Waals surface area contributed by atoms with Gasteiger partial charge in [0.2, 0.25) is 0 Å². The lowest BCUT2D eigenvalue weighted by Crippen LogP contribution is -2.50. The maximum Gasteiger partial charge on any atom is 0.329 e. The van der Waals surface area contributed by atoms with Crippen LogP contribution in [0.4, 0.5) is 0 Å². The van der Waals surface area contributed by atoms with Crippen LogP contribution in [0.3, 0.4) is 0 Å². The fourth-order valence-corrected chi connectivity index (χ4v) is 1.52. The second-order valence-electron chi connectivity index (χ2n) is 4.11. The topological polar surface area (TPSA) is 61.5 Å². The molecule has 0 spiro atoms. The Morgan fingerprint density at radius 3 is 2.71 bits per heavy atom. The maximum atomic E-state index is 11.3. The van der Waals surface area contributed by atoms with Gasteiger partial charge >= 0.3 is 5.97 Å². The van der Waals surface area contributed by atoms with Crippen molar-refractivity contribution in [2.75, 3.05) is 13.7 Å². The molecular weight excluding hydrogens is 242 g/mol. The number of carbonyl (C=O) groups excluding carboxylic acids is 1. The molecule has 4 nitrogen and oxygen atoms in total. The number of hydrogen-bond donors (Lipinski definition) is 1. The summed E-state index contributed by atoms with van der Waals surface area (Å²) in [5.41, 5.74) is 5.49. The van der Waals surface area contributed by atoms with Crippen LogP contribution < -0.4 is 10.5 Å². The molecule has 0 saturated heterocycles. The molecule has 1 aromatic rings. The summed E-state index contributed by atoms with van der Waals surface area (Å²) in [7, 11) is 1.29. The highest BCUT2D eigenvalue weighted by Crippen LogP contribution is 2.22. The first-order valence-corrected chi connectivity index (χ1v) is 5.51. The van der Waals surface area contributed by atoms with Crippen molar-refractivity contribution in [3.05, 3.63) is 28.8 Å². The molecule has 0 aliphatic carbocycles. The molecule has 5 heteroatoms. The lowest BCUT2D eigenvalue weighted by atomic mass is 10.1. The summed E-state index contributed by atoms with van der Waals surface area (Å²) in [4.78, 5) is 11.3. The Morgan fingerprint density at radius 1 is 1.53 bits per heavy atom. The van der Waals surface area contributed by atoms with E-state index in [0.29, 0.717) is 10.8 Å². The number of methoxy groups -OCH3 is 1. The number of carbonyl (C=O) groups is 1. The van der Waals surface area contributed by atoms with E-state index in [0.717, 1.165) is 5.56 Å². The van der Waals surface area contributed by atoms with Crippen LogP contribution in [0.15, 0.2) is 18.2 Å². The number of ether oxygens (including phenoxy) is 2. The van der Waals surface area contributed by atoms with Gasteiger partial charge in [-0.15, -0.1) is 0 Å². The number of esters is 1. The highest BCUT2D eigenvalue weighted by molar-refractivity contribution is 6.30. The summed E-state index contributed by atoms with van der Waals surface area (Å²) in [6.07, 6.45) is 0. The van der Waals surface area contributed by atoms with Gasteiger partial charge in [0.15, 0.2) is 0 Å². The minimum absolute atomic E-state index is 0.0438. The lowest BCUT2D eigenvalue weighted by Gasteiger charge is -2.22. The highest BCUT2D eigenvalue weighted by Gasteiger charge is 2.30. The van der Waals surface area contributed by atoms with Gasteiger partial charge in [-0.25, -0.2) is 4.79 Å². The molecule has 0 amide bonds. The molecular formula is C12H16ClNO3. The fourth-order valence-electron chi connectivity index (χ4n) is 1.29. The molecule has 0 radical (unpaired) electrons. The molecule has 94 valence electrons. The summed E-state index contributed by atoms with van der Waals surface area (Å²) in [6, 6.07) is 5.24. The van der Waals surface area contributed by atoms with Gasteiger partial charge in [0.05, 0.1) is 7.11 Å². The first-order valence-electron chi connectivity index (χ1n) is 5.13. The maximum absolute atomic E-state index is 11.3. The van der Waals surface area contributed by atoms with Crippen LogP contribution in [0, 0.1) is 6.92 Å². The van der Waals surface area contributed by atoms with E-state index in [-0.39, 0.29) is 6.61 Å². The van der Waals surface area contributed by atoms with E-state index in [1.165, 1.54) is 7.11 Å². The third-order valence-electron chi connectivity index (χ3n) is 2.32. The van der Waals surface area contributed by atoms with Gasteiger partial charge in [-0.1, -0.05) is 11.6 Å². The Hall–Kier alpha value is -1.26. The Balaban J connectivity index is 2.70. The molecule has 0 fully saturated rings. The van der Waals surface area contributed by atoms with Crippen LogP contribution in [0.1, 0.15) is 12.5 Å². The molecule has 1 unspecified atom stereocenters. The standard InChI is InChI=1S/C12H16ClNO3/c1-8-6-9(13)4-5-10(8)17-7-12(2,14)11(15)16-3/h4-6H,7,14H2,1-3H3. The summed E-state index contributed by atoms with van der Waals surface area (Å²) in [5, 5.41) is 0.637. The van der Waals surface area contributed by atoms with Crippen molar-refractivity contribution in [1.82, 2.24) is 0 Å². The van der Waals surface area contributed by atoms with Crippen molar-refractivity contribution in [2.24, 2.45) is 5.73 Å². The van der Waals surface area contributed by atoms with E-state index in [1.807, 2.05) is 6.92 Å². The average Bonchev–Trinajstić information content (AvgIpc) is 2.26. The van der Waals surface area contributed by atoms with Crippen molar-refractivity contribution in [3.8, 4) is 5.75 Å². The SMILES string of the molecule is COC(=O)C(C)(N)COc1ccc(Cl)cc1C. The largest absolute Gasteiger partial charge is 0.491 e. The Labute approximate surface area is 106 Å². The zero-order valence-corrected chi connectivity index (χ0v) is 10.9. The third kappa shape index (κ3) is 3.61.